The van der Waals surface area contributed by atoms with Gasteiger partial charge in [-0.25, -0.2) is 9.97 Å². The molecule has 0 aliphatic carbocycles. The number of benzene rings is 1. The van der Waals surface area contributed by atoms with E-state index >= 15 is 0 Å². The summed E-state index contributed by atoms with van der Waals surface area (Å²) in [5.74, 6) is -0.890. The number of amides is 2. The molecule has 8 nitrogen and oxygen atoms in total. The quantitative estimate of drug-likeness (QED) is 0.385. The van der Waals surface area contributed by atoms with E-state index in [4.69, 9.17) is 4.98 Å². The maximum absolute atomic E-state index is 13.7. The number of thiazole rings is 1. The van der Waals surface area contributed by atoms with E-state index in [-0.39, 0.29) is 30.1 Å². The van der Waals surface area contributed by atoms with E-state index in [9.17, 15) is 19.5 Å². The minimum Gasteiger partial charge on any atom is -0.481 e. The van der Waals surface area contributed by atoms with E-state index in [1.807, 2.05) is 61.7 Å². The fraction of sp³-hybridized carbons (Fsp3) is 0.367. The molecule has 2 amide bonds. The Morgan fingerprint density at radius 2 is 1.90 bits per heavy atom. The second-order valence-corrected chi connectivity index (χ2v) is 11.2. The van der Waals surface area contributed by atoms with Gasteiger partial charge in [-0.1, -0.05) is 50.3 Å². The number of carboxylic acid groups (broad SMARTS) is 1. The van der Waals surface area contributed by atoms with E-state index < -0.39 is 11.9 Å². The van der Waals surface area contributed by atoms with Gasteiger partial charge in [0.25, 0.3) is 0 Å². The van der Waals surface area contributed by atoms with E-state index in [2.05, 4.69) is 11.1 Å². The standard InChI is InChI=1S/C30H32N4O4S/c1-19(2)21-8-5-6-14-34(29(38)24(21)16-28(36)37)30-32-25(18-39-30)23-10-4-3-9-22(23)20-12-13-26(31-17-20)33-15-7-11-27(33)35/h3-6,9-10,12-13,17-19,21,24H,7-8,11,14-16H2,1-2H3,(H,36,37)/t21-,24-/m0/s1. The van der Waals surface area contributed by atoms with E-state index in [1.165, 1.54) is 11.3 Å². The molecule has 0 bridgehead atoms. The highest BCUT2D eigenvalue weighted by atomic mass is 32.1. The molecular formula is C30H32N4O4S. The normalized spacial score (nSPS) is 20.0. The Kier molecular flexibility index (Phi) is 7.88. The Hall–Kier alpha value is -3.85. The van der Waals surface area contributed by atoms with Crippen LogP contribution in [0.5, 0.6) is 0 Å². The highest BCUT2D eigenvalue weighted by Gasteiger charge is 2.36. The van der Waals surface area contributed by atoms with Crippen LogP contribution in [-0.4, -0.2) is 45.9 Å². The molecule has 1 fully saturated rings. The molecule has 1 saturated heterocycles. The van der Waals surface area contributed by atoms with Crippen LogP contribution >= 0.6 is 11.3 Å². The van der Waals surface area contributed by atoms with Gasteiger partial charge < -0.3 is 5.11 Å². The fourth-order valence-electron chi connectivity index (χ4n) is 5.47. The van der Waals surface area contributed by atoms with Gasteiger partial charge in [0.1, 0.15) is 5.82 Å². The zero-order chi connectivity index (χ0) is 27.5. The van der Waals surface area contributed by atoms with Crippen molar-refractivity contribution in [2.45, 2.75) is 39.5 Å². The number of hydrogen-bond donors (Lipinski definition) is 1. The molecule has 0 unspecified atom stereocenters. The highest BCUT2D eigenvalue weighted by molar-refractivity contribution is 7.14. The van der Waals surface area contributed by atoms with Crippen molar-refractivity contribution in [3.05, 3.63) is 60.1 Å². The van der Waals surface area contributed by atoms with Gasteiger partial charge >= 0.3 is 5.97 Å². The van der Waals surface area contributed by atoms with E-state index in [0.29, 0.717) is 36.9 Å². The maximum Gasteiger partial charge on any atom is 0.304 e. The number of anilines is 2. The Bertz CT molecular complexity index is 1400. The number of pyridine rings is 1. The molecule has 3 aromatic rings. The van der Waals surface area contributed by atoms with Crippen LogP contribution in [0.3, 0.4) is 0 Å². The SMILES string of the molecule is CC(C)[C@@H]1CC=CCN(c2nc(-c3ccccc3-c3ccc(N4CCCC4=O)nc3)cs2)C(=O)[C@H]1CC(=O)O. The minimum absolute atomic E-state index is 0.0564. The molecule has 4 heterocycles. The first-order valence-corrected chi connectivity index (χ1v) is 14.2. The van der Waals surface area contributed by atoms with Crippen molar-refractivity contribution in [3.8, 4) is 22.4 Å². The number of hydrogen-bond acceptors (Lipinski definition) is 6. The van der Waals surface area contributed by atoms with Crippen LogP contribution < -0.4 is 9.80 Å². The summed E-state index contributed by atoms with van der Waals surface area (Å²) in [7, 11) is 0. The summed E-state index contributed by atoms with van der Waals surface area (Å²) in [4.78, 5) is 50.2. The van der Waals surface area contributed by atoms with Crippen LogP contribution in [0, 0.1) is 17.8 Å². The Balaban J connectivity index is 1.44. The van der Waals surface area contributed by atoms with Crippen molar-refractivity contribution in [2.24, 2.45) is 17.8 Å². The lowest BCUT2D eigenvalue weighted by Crippen LogP contribution is -2.42. The Labute approximate surface area is 232 Å². The highest BCUT2D eigenvalue weighted by Crippen LogP contribution is 2.37. The molecule has 2 aromatic heterocycles. The maximum atomic E-state index is 13.7. The number of aromatic nitrogens is 2. The molecule has 39 heavy (non-hydrogen) atoms. The summed E-state index contributed by atoms with van der Waals surface area (Å²) < 4.78 is 0. The lowest BCUT2D eigenvalue weighted by molar-refractivity contribution is -0.142. The van der Waals surface area contributed by atoms with Crippen LogP contribution in [0.4, 0.5) is 10.9 Å². The van der Waals surface area contributed by atoms with Crippen molar-refractivity contribution in [3.63, 3.8) is 0 Å². The van der Waals surface area contributed by atoms with Crippen molar-refractivity contribution >= 4 is 40.1 Å². The topological polar surface area (TPSA) is 104 Å². The average Bonchev–Trinajstić information content (AvgIpc) is 3.58. The molecule has 0 radical (unpaired) electrons. The minimum atomic E-state index is -0.967. The van der Waals surface area contributed by atoms with Crippen molar-refractivity contribution in [1.82, 2.24) is 9.97 Å². The largest absolute Gasteiger partial charge is 0.481 e. The van der Waals surface area contributed by atoms with E-state index in [1.54, 1.807) is 16.0 Å². The third-order valence-electron chi connectivity index (χ3n) is 7.55. The van der Waals surface area contributed by atoms with Crippen molar-refractivity contribution < 1.29 is 19.5 Å². The fourth-order valence-corrected chi connectivity index (χ4v) is 6.31. The lowest BCUT2D eigenvalue weighted by Gasteiger charge is -2.33. The van der Waals surface area contributed by atoms with Gasteiger partial charge in [-0.2, -0.15) is 0 Å². The number of carbonyl (C=O) groups is 3. The third kappa shape index (κ3) is 5.63. The van der Waals surface area contributed by atoms with Gasteiger partial charge in [-0.3, -0.25) is 24.2 Å². The Morgan fingerprint density at radius 3 is 2.56 bits per heavy atom. The monoisotopic (exact) mass is 544 g/mol. The molecule has 202 valence electrons. The summed E-state index contributed by atoms with van der Waals surface area (Å²) >= 11 is 1.38. The number of rotatable bonds is 7. The zero-order valence-corrected chi connectivity index (χ0v) is 22.9. The molecule has 2 atom stereocenters. The summed E-state index contributed by atoms with van der Waals surface area (Å²) in [5, 5.41) is 12.0. The molecule has 5 rings (SSSR count). The molecule has 1 N–H and O–H groups in total. The zero-order valence-electron chi connectivity index (χ0n) is 22.1. The van der Waals surface area contributed by atoms with Crippen LogP contribution in [0.25, 0.3) is 22.4 Å². The van der Waals surface area contributed by atoms with E-state index in [0.717, 1.165) is 28.8 Å². The summed E-state index contributed by atoms with van der Waals surface area (Å²) in [6.45, 7) is 5.12. The van der Waals surface area contributed by atoms with Gasteiger partial charge in [-0.05, 0) is 42.4 Å². The molecule has 2 aliphatic rings. The smallest absolute Gasteiger partial charge is 0.304 e. The van der Waals surface area contributed by atoms with Gasteiger partial charge in [-0.15, -0.1) is 11.3 Å². The number of carbonyl (C=O) groups excluding carboxylic acids is 2. The number of nitrogens with zero attached hydrogens (tertiary/aromatic N) is 4. The molecule has 0 spiro atoms. The average molecular weight is 545 g/mol. The summed E-state index contributed by atoms with van der Waals surface area (Å²) in [6, 6.07) is 11.7. The second-order valence-electron chi connectivity index (χ2n) is 10.4. The molecule has 0 saturated carbocycles. The number of allylic oxidation sites excluding steroid dienone is 1. The van der Waals surface area contributed by atoms with Gasteiger partial charge in [0, 0.05) is 42.2 Å². The Morgan fingerprint density at radius 1 is 1.10 bits per heavy atom. The first kappa shape index (κ1) is 26.7. The predicted octanol–water partition coefficient (Wildman–Crippen LogP) is 5.65. The van der Waals surface area contributed by atoms with Crippen LogP contribution in [0.2, 0.25) is 0 Å². The second kappa shape index (κ2) is 11.5. The molecular weight excluding hydrogens is 512 g/mol. The van der Waals surface area contributed by atoms with Gasteiger partial charge in [0.05, 0.1) is 18.0 Å². The number of carboxylic acids is 1. The van der Waals surface area contributed by atoms with Crippen LogP contribution in [0.15, 0.2) is 60.1 Å². The third-order valence-corrected chi connectivity index (χ3v) is 8.41. The first-order valence-electron chi connectivity index (χ1n) is 13.3. The first-order chi connectivity index (χ1) is 18.8. The summed E-state index contributed by atoms with van der Waals surface area (Å²) in [6.07, 6.45) is 7.70. The van der Waals surface area contributed by atoms with Crippen molar-refractivity contribution in [1.29, 1.82) is 0 Å². The molecule has 1 aromatic carbocycles. The molecule has 2 aliphatic heterocycles. The van der Waals surface area contributed by atoms with Gasteiger partial charge in [0.2, 0.25) is 11.8 Å². The predicted molar refractivity (Wildman–Crippen MR) is 153 cm³/mol. The van der Waals surface area contributed by atoms with Crippen LogP contribution in [-0.2, 0) is 14.4 Å². The van der Waals surface area contributed by atoms with Gasteiger partial charge in [0.15, 0.2) is 5.13 Å². The van der Waals surface area contributed by atoms with Crippen LogP contribution in [0.1, 0.15) is 39.5 Å². The van der Waals surface area contributed by atoms with Crippen molar-refractivity contribution in [2.75, 3.05) is 22.9 Å². The summed E-state index contributed by atoms with van der Waals surface area (Å²) in [5.41, 5.74) is 3.49. The number of aliphatic carboxylic acids is 1. The lowest BCUT2D eigenvalue weighted by atomic mass is 9.78. The molecule has 9 heteroatoms.